The van der Waals surface area contributed by atoms with Gasteiger partial charge in [-0.1, -0.05) is 22.9 Å². The van der Waals surface area contributed by atoms with Crippen LogP contribution in [-0.2, 0) is 0 Å². The molecule has 0 aliphatic carbocycles. The number of carbonyl (C=O) groups excluding carboxylic acids is 1. The van der Waals surface area contributed by atoms with Gasteiger partial charge in [-0.25, -0.2) is 4.39 Å². The molecular weight excluding hydrogens is 287 g/mol. The van der Waals surface area contributed by atoms with Crippen LogP contribution in [0.4, 0.5) is 4.39 Å². The first kappa shape index (κ1) is 14.1. The van der Waals surface area contributed by atoms with Gasteiger partial charge in [0.1, 0.15) is 0 Å². The summed E-state index contributed by atoms with van der Waals surface area (Å²) < 4.78 is 13.2. The molecule has 94 valence electrons. The number of pyridine rings is 1. The van der Waals surface area contributed by atoms with Crippen molar-refractivity contribution >= 4 is 21.8 Å². The minimum Gasteiger partial charge on any atom is -0.352 e. The molecule has 1 amide bonds. The van der Waals surface area contributed by atoms with Gasteiger partial charge in [0, 0.05) is 18.1 Å². The van der Waals surface area contributed by atoms with Crippen molar-refractivity contribution in [1.29, 1.82) is 0 Å². The van der Waals surface area contributed by atoms with E-state index in [2.05, 4.69) is 33.2 Å². The largest absolute Gasteiger partial charge is 0.352 e. The van der Waals surface area contributed by atoms with Crippen molar-refractivity contribution in [3.8, 4) is 0 Å². The number of halogens is 2. The molecule has 1 rings (SSSR count). The number of alkyl halides is 1. The van der Waals surface area contributed by atoms with Gasteiger partial charge in [-0.05, 0) is 24.8 Å². The maximum Gasteiger partial charge on any atom is 0.254 e. The van der Waals surface area contributed by atoms with Crippen molar-refractivity contribution in [2.24, 2.45) is 5.92 Å². The highest BCUT2D eigenvalue weighted by molar-refractivity contribution is 9.09. The van der Waals surface area contributed by atoms with Gasteiger partial charge in [-0.2, -0.15) is 0 Å². The number of aromatic nitrogens is 1. The molecule has 0 saturated heterocycles. The molecule has 0 saturated carbocycles. The van der Waals surface area contributed by atoms with E-state index in [4.69, 9.17) is 0 Å². The first-order chi connectivity index (χ1) is 8.15. The molecule has 0 bridgehead atoms. The van der Waals surface area contributed by atoms with Crippen LogP contribution in [0.15, 0.2) is 18.5 Å². The molecule has 17 heavy (non-hydrogen) atoms. The fourth-order valence-corrected chi connectivity index (χ4v) is 1.71. The molecule has 1 N–H and O–H groups in total. The molecule has 5 heteroatoms. The van der Waals surface area contributed by atoms with Crippen molar-refractivity contribution in [1.82, 2.24) is 10.3 Å². The van der Waals surface area contributed by atoms with E-state index in [0.29, 0.717) is 12.5 Å². The zero-order chi connectivity index (χ0) is 12.7. The van der Waals surface area contributed by atoms with Gasteiger partial charge >= 0.3 is 0 Å². The van der Waals surface area contributed by atoms with Crippen LogP contribution in [0, 0.1) is 11.7 Å². The molecule has 1 aromatic heterocycles. The molecular formula is C12H16BrFN2O. The lowest BCUT2D eigenvalue weighted by atomic mass is 10.1. The standard InChI is InChI=1S/C12H16BrFN2O/c1-9(7-13)3-2-5-16-12(17)10-4-6-15-8-11(10)14/h4,6,8-9H,2-3,5,7H2,1H3,(H,16,17). The summed E-state index contributed by atoms with van der Waals surface area (Å²) in [6.07, 6.45) is 4.38. The highest BCUT2D eigenvalue weighted by atomic mass is 79.9. The summed E-state index contributed by atoms with van der Waals surface area (Å²) in [5, 5.41) is 3.66. The van der Waals surface area contributed by atoms with E-state index in [9.17, 15) is 9.18 Å². The Kier molecular flexibility index (Phi) is 6.11. The maximum atomic E-state index is 13.2. The number of nitrogens with zero attached hydrogens (tertiary/aromatic N) is 1. The fourth-order valence-electron chi connectivity index (χ4n) is 1.38. The van der Waals surface area contributed by atoms with Crippen LogP contribution in [0.5, 0.6) is 0 Å². The molecule has 0 radical (unpaired) electrons. The summed E-state index contributed by atoms with van der Waals surface area (Å²) in [6, 6.07) is 1.38. The van der Waals surface area contributed by atoms with Crippen molar-refractivity contribution < 1.29 is 9.18 Å². The normalized spacial score (nSPS) is 12.2. The van der Waals surface area contributed by atoms with Gasteiger partial charge in [0.05, 0.1) is 11.8 Å². The molecule has 0 spiro atoms. The first-order valence-corrected chi connectivity index (χ1v) is 6.71. The van der Waals surface area contributed by atoms with Gasteiger partial charge in [0.25, 0.3) is 5.91 Å². The lowest BCUT2D eigenvalue weighted by Crippen LogP contribution is -2.25. The molecule has 0 aliphatic rings. The Bertz CT molecular complexity index is 373. The summed E-state index contributed by atoms with van der Waals surface area (Å²) in [5.74, 6) is -0.375. The second-order valence-corrected chi connectivity index (χ2v) is 4.66. The zero-order valence-electron chi connectivity index (χ0n) is 9.75. The highest BCUT2D eigenvalue weighted by Crippen LogP contribution is 2.08. The number of hydrogen-bond donors (Lipinski definition) is 1. The Morgan fingerprint density at radius 2 is 2.41 bits per heavy atom. The fraction of sp³-hybridized carbons (Fsp3) is 0.500. The third kappa shape index (κ3) is 4.81. The second kappa shape index (κ2) is 7.37. The average Bonchev–Trinajstić information content (AvgIpc) is 2.34. The number of nitrogens with one attached hydrogen (secondary N) is 1. The van der Waals surface area contributed by atoms with Crippen LogP contribution in [0.1, 0.15) is 30.1 Å². The molecule has 1 heterocycles. The molecule has 0 aliphatic heterocycles. The first-order valence-electron chi connectivity index (χ1n) is 5.58. The van der Waals surface area contributed by atoms with E-state index >= 15 is 0 Å². The minimum absolute atomic E-state index is 0.0496. The Hall–Kier alpha value is -0.970. The van der Waals surface area contributed by atoms with Crippen molar-refractivity contribution in [2.75, 3.05) is 11.9 Å². The third-order valence-electron chi connectivity index (χ3n) is 2.44. The summed E-state index contributed by atoms with van der Waals surface area (Å²) in [5.41, 5.74) is 0.0496. The quantitative estimate of drug-likeness (QED) is 0.648. The van der Waals surface area contributed by atoms with Gasteiger partial charge < -0.3 is 5.32 Å². The highest BCUT2D eigenvalue weighted by Gasteiger charge is 2.10. The van der Waals surface area contributed by atoms with Crippen molar-refractivity contribution in [3.05, 3.63) is 29.8 Å². The molecule has 1 atom stereocenters. The number of rotatable bonds is 6. The zero-order valence-corrected chi connectivity index (χ0v) is 11.3. The monoisotopic (exact) mass is 302 g/mol. The van der Waals surface area contributed by atoms with Gasteiger partial charge in [0.15, 0.2) is 5.82 Å². The number of hydrogen-bond acceptors (Lipinski definition) is 2. The van der Waals surface area contributed by atoms with Crippen LogP contribution in [0.2, 0.25) is 0 Å². The minimum atomic E-state index is -0.584. The van der Waals surface area contributed by atoms with Gasteiger partial charge in [-0.3, -0.25) is 9.78 Å². The average molecular weight is 303 g/mol. The smallest absolute Gasteiger partial charge is 0.254 e. The van der Waals surface area contributed by atoms with Crippen LogP contribution in [0.3, 0.4) is 0 Å². The van der Waals surface area contributed by atoms with E-state index in [-0.39, 0.29) is 11.5 Å². The van der Waals surface area contributed by atoms with E-state index in [1.165, 1.54) is 12.3 Å². The lowest BCUT2D eigenvalue weighted by Gasteiger charge is -2.08. The summed E-state index contributed by atoms with van der Waals surface area (Å²) >= 11 is 3.40. The molecule has 1 aromatic rings. The van der Waals surface area contributed by atoms with Gasteiger partial charge in [0.2, 0.25) is 0 Å². The third-order valence-corrected chi connectivity index (χ3v) is 3.55. The van der Waals surface area contributed by atoms with E-state index in [1.807, 2.05) is 0 Å². The maximum absolute atomic E-state index is 13.2. The Morgan fingerprint density at radius 3 is 3.06 bits per heavy atom. The molecule has 1 unspecified atom stereocenters. The summed E-state index contributed by atoms with van der Waals surface area (Å²) in [7, 11) is 0. The molecule has 0 aromatic carbocycles. The summed E-state index contributed by atoms with van der Waals surface area (Å²) in [6.45, 7) is 2.71. The second-order valence-electron chi connectivity index (χ2n) is 4.01. The number of carbonyl (C=O) groups is 1. The predicted octanol–water partition coefficient (Wildman–Crippen LogP) is 2.76. The SMILES string of the molecule is CC(CBr)CCCNC(=O)c1ccncc1F. The van der Waals surface area contributed by atoms with Crippen LogP contribution < -0.4 is 5.32 Å². The Morgan fingerprint density at radius 1 is 1.65 bits per heavy atom. The van der Waals surface area contributed by atoms with Crippen LogP contribution >= 0.6 is 15.9 Å². The Balaban J connectivity index is 2.33. The molecule has 0 fully saturated rings. The van der Waals surface area contributed by atoms with Crippen LogP contribution in [-0.4, -0.2) is 22.8 Å². The van der Waals surface area contributed by atoms with Crippen molar-refractivity contribution in [2.45, 2.75) is 19.8 Å². The molecule has 3 nitrogen and oxygen atoms in total. The van der Waals surface area contributed by atoms with E-state index < -0.39 is 5.82 Å². The lowest BCUT2D eigenvalue weighted by molar-refractivity contribution is 0.0948. The van der Waals surface area contributed by atoms with Crippen LogP contribution in [0.25, 0.3) is 0 Å². The predicted molar refractivity (Wildman–Crippen MR) is 68.7 cm³/mol. The Labute approximate surface area is 109 Å². The van der Waals surface area contributed by atoms with E-state index in [0.717, 1.165) is 24.4 Å². The van der Waals surface area contributed by atoms with Crippen molar-refractivity contribution in [3.63, 3.8) is 0 Å². The van der Waals surface area contributed by atoms with Gasteiger partial charge in [-0.15, -0.1) is 0 Å². The number of amides is 1. The van der Waals surface area contributed by atoms with E-state index in [1.54, 1.807) is 0 Å². The summed E-state index contributed by atoms with van der Waals surface area (Å²) in [4.78, 5) is 15.2. The topological polar surface area (TPSA) is 42.0 Å².